The summed E-state index contributed by atoms with van der Waals surface area (Å²) in [7, 11) is 0. The number of carbonyl (C=O) groups is 1. The highest BCUT2D eigenvalue weighted by molar-refractivity contribution is 5.94. The highest BCUT2D eigenvalue weighted by atomic mass is 19.1. The van der Waals surface area contributed by atoms with E-state index < -0.39 is 6.04 Å². The van der Waals surface area contributed by atoms with Gasteiger partial charge in [0.25, 0.3) is 5.91 Å². The number of nitrogens with zero attached hydrogens (tertiary/aromatic N) is 2. The second-order valence-corrected chi connectivity index (χ2v) is 5.49. The SMILES string of the molecule is C=Cc1ccc(C(=O)N[C@@H](C)c2nc(-c3cccc(F)c3)no2)cc1. The Labute approximate surface area is 144 Å². The Bertz CT molecular complexity index is 903. The lowest BCUT2D eigenvalue weighted by Gasteiger charge is -2.09. The molecular weight excluding hydrogens is 321 g/mol. The van der Waals surface area contributed by atoms with Gasteiger partial charge in [0.1, 0.15) is 11.9 Å². The number of benzene rings is 2. The normalized spacial score (nSPS) is 11.8. The minimum Gasteiger partial charge on any atom is -0.341 e. The largest absolute Gasteiger partial charge is 0.341 e. The van der Waals surface area contributed by atoms with Crippen LogP contribution in [0.5, 0.6) is 0 Å². The average molecular weight is 337 g/mol. The molecule has 1 heterocycles. The molecule has 0 aliphatic rings. The lowest BCUT2D eigenvalue weighted by molar-refractivity contribution is 0.0932. The summed E-state index contributed by atoms with van der Waals surface area (Å²) in [5.41, 5.74) is 1.96. The molecule has 126 valence electrons. The number of hydrogen-bond acceptors (Lipinski definition) is 4. The van der Waals surface area contributed by atoms with Crippen molar-refractivity contribution in [1.29, 1.82) is 0 Å². The fraction of sp³-hybridized carbons (Fsp3) is 0.105. The third kappa shape index (κ3) is 3.80. The highest BCUT2D eigenvalue weighted by Gasteiger charge is 2.18. The van der Waals surface area contributed by atoms with E-state index in [0.717, 1.165) is 5.56 Å². The van der Waals surface area contributed by atoms with Crippen LogP contribution in [0.1, 0.15) is 34.8 Å². The number of halogens is 1. The zero-order valence-electron chi connectivity index (χ0n) is 13.6. The summed E-state index contributed by atoms with van der Waals surface area (Å²) >= 11 is 0. The summed E-state index contributed by atoms with van der Waals surface area (Å²) < 4.78 is 18.5. The van der Waals surface area contributed by atoms with Crippen LogP contribution in [-0.4, -0.2) is 16.0 Å². The van der Waals surface area contributed by atoms with Gasteiger partial charge >= 0.3 is 0 Å². The van der Waals surface area contributed by atoms with Gasteiger partial charge in [-0.25, -0.2) is 4.39 Å². The van der Waals surface area contributed by atoms with E-state index in [1.54, 1.807) is 49.4 Å². The third-order valence-electron chi connectivity index (χ3n) is 3.65. The van der Waals surface area contributed by atoms with E-state index in [2.05, 4.69) is 22.0 Å². The Balaban J connectivity index is 1.71. The minimum atomic E-state index is -0.485. The van der Waals surface area contributed by atoms with Gasteiger partial charge in [0.2, 0.25) is 11.7 Å². The predicted octanol–water partition coefficient (Wildman–Crippen LogP) is 4.01. The molecule has 3 rings (SSSR count). The Morgan fingerprint density at radius 1 is 1.28 bits per heavy atom. The smallest absolute Gasteiger partial charge is 0.251 e. The monoisotopic (exact) mass is 337 g/mol. The van der Waals surface area contributed by atoms with Crippen molar-refractivity contribution in [2.75, 3.05) is 0 Å². The Kier molecular flexibility index (Phi) is 4.70. The Hall–Kier alpha value is -3.28. The van der Waals surface area contributed by atoms with Crippen molar-refractivity contribution in [1.82, 2.24) is 15.5 Å². The van der Waals surface area contributed by atoms with Gasteiger partial charge in [-0.1, -0.05) is 42.1 Å². The van der Waals surface area contributed by atoms with Gasteiger partial charge in [0.15, 0.2) is 0 Å². The zero-order chi connectivity index (χ0) is 17.8. The van der Waals surface area contributed by atoms with Crippen LogP contribution in [0, 0.1) is 5.82 Å². The number of amides is 1. The molecule has 0 aliphatic carbocycles. The first-order valence-corrected chi connectivity index (χ1v) is 7.69. The van der Waals surface area contributed by atoms with Crippen LogP contribution in [0.15, 0.2) is 59.6 Å². The Morgan fingerprint density at radius 2 is 2.04 bits per heavy atom. The van der Waals surface area contributed by atoms with Crippen molar-refractivity contribution in [3.63, 3.8) is 0 Å². The topological polar surface area (TPSA) is 68.0 Å². The maximum atomic E-state index is 13.3. The zero-order valence-corrected chi connectivity index (χ0v) is 13.6. The fourth-order valence-electron chi connectivity index (χ4n) is 2.27. The molecule has 0 radical (unpaired) electrons. The van der Waals surface area contributed by atoms with Gasteiger partial charge in [-0.3, -0.25) is 4.79 Å². The van der Waals surface area contributed by atoms with Gasteiger partial charge in [-0.15, -0.1) is 0 Å². The molecule has 3 aromatic rings. The average Bonchev–Trinajstić information content (AvgIpc) is 3.12. The van der Waals surface area contributed by atoms with Crippen molar-refractivity contribution in [2.24, 2.45) is 0 Å². The number of aromatic nitrogens is 2. The van der Waals surface area contributed by atoms with Crippen LogP contribution in [0.4, 0.5) is 4.39 Å². The molecule has 1 aromatic heterocycles. The van der Waals surface area contributed by atoms with Gasteiger partial charge in [-0.2, -0.15) is 4.98 Å². The molecule has 0 saturated heterocycles. The molecule has 25 heavy (non-hydrogen) atoms. The summed E-state index contributed by atoms with van der Waals surface area (Å²) in [6, 6.07) is 12.5. The molecule has 0 spiro atoms. The van der Waals surface area contributed by atoms with E-state index in [9.17, 15) is 9.18 Å². The first-order valence-electron chi connectivity index (χ1n) is 7.69. The van der Waals surface area contributed by atoms with Crippen molar-refractivity contribution in [3.05, 3.63) is 77.9 Å². The molecular formula is C19H16FN3O2. The molecule has 5 nitrogen and oxygen atoms in total. The summed E-state index contributed by atoms with van der Waals surface area (Å²) in [6.07, 6.45) is 1.71. The van der Waals surface area contributed by atoms with Crippen molar-refractivity contribution >= 4 is 12.0 Å². The molecule has 2 aromatic carbocycles. The van der Waals surface area contributed by atoms with Crippen molar-refractivity contribution < 1.29 is 13.7 Å². The number of rotatable bonds is 5. The molecule has 0 fully saturated rings. The number of carbonyl (C=O) groups excluding carboxylic acids is 1. The van der Waals surface area contributed by atoms with E-state index in [4.69, 9.17) is 4.52 Å². The first-order chi connectivity index (χ1) is 12.1. The standard InChI is InChI=1S/C19H16FN3O2/c1-3-13-7-9-14(10-8-13)18(24)21-12(2)19-22-17(23-25-19)15-5-4-6-16(20)11-15/h3-12H,1H2,2H3,(H,21,24)/t12-/m0/s1. The predicted molar refractivity (Wildman–Crippen MR) is 92.1 cm³/mol. The highest BCUT2D eigenvalue weighted by Crippen LogP contribution is 2.19. The molecule has 0 saturated carbocycles. The molecule has 1 N–H and O–H groups in total. The molecule has 1 amide bonds. The number of hydrogen-bond donors (Lipinski definition) is 1. The van der Waals surface area contributed by atoms with Gasteiger partial charge in [-0.05, 0) is 36.8 Å². The molecule has 1 atom stereocenters. The van der Waals surface area contributed by atoms with E-state index >= 15 is 0 Å². The summed E-state index contributed by atoms with van der Waals surface area (Å²) in [6.45, 7) is 5.41. The summed E-state index contributed by atoms with van der Waals surface area (Å²) in [5, 5.41) is 6.63. The van der Waals surface area contributed by atoms with Gasteiger partial charge in [0.05, 0.1) is 0 Å². The molecule has 0 bridgehead atoms. The first kappa shape index (κ1) is 16.6. The lowest BCUT2D eigenvalue weighted by Crippen LogP contribution is -2.26. The van der Waals surface area contributed by atoms with E-state index in [1.165, 1.54) is 12.1 Å². The van der Waals surface area contributed by atoms with Crippen LogP contribution in [0.3, 0.4) is 0 Å². The summed E-state index contributed by atoms with van der Waals surface area (Å²) in [4.78, 5) is 16.5. The van der Waals surface area contributed by atoms with Crippen molar-refractivity contribution in [2.45, 2.75) is 13.0 Å². The van der Waals surface area contributed by atoms with Crippen LogP contribution < -0.4 is 5.32 Å². The molecule has 6 heteroatoms. The van der Waals surface area contributed by atoms with Gasteiger partial charge < -0.3 is 9.84 Å². The number of nitrogens with one attached hydrogen (secondary N) is 1. The second-order valence-electron chi connectivity index (χ2n) is 5.49. The van der Waals surface area contributed by atoms with Crippen LogP contribution in [0.2, 0.25) is 0 Å². The second kappa shape index (κ2) is 7.09. The third-order valence-corrected chi connectivity index (χ3v) is 3.65. The van der Waals surface area contributed by atoms with Crippen LogP contribution in [0.25, 0.3) is 17.5 Å². The quantitative estimate of drug-likeness (QED) is 0.764. The maximum absolute atomic E-state index is 13.3. The van der Waals surface area contributed by atoms with E-state index in [1.807, 2.05) is 0 Å². The van der Waals surface area contributed by atoms with Crippen molar-refractivity contribution in [3.8, 4) is 11.4 Å². The lowest BCUT2D eigenvalue weighted by atomic mass is 10.1. The summed E-state index contributed by atoms with van der Waals surface area (Å²) in [5.74, 6) is -0.122. The molecule has 0 unspecified atom stereocenters. The van der Waals surface area contributed by atoms with Gasteiger partial charge in [0, 0.05) is 11.1 Å². The van der Waals surface area contributed by atoms with E-state index in [0.29, 0.717) is 11.1 Å². The van der Waals surface area contributed by atoms with Crippen LogP contribution in [-0.2, 0) is 0 Å². The van der Waals surface area contributed by atoms with Crippen LogP contribution >= 0.6 is 0 Å². The fourth-order valence-corrected chi connectivity index (χ4v) is 2.27. The minimum absolute atomic E-state index is 0.246. The van der Waals surface area contributed by atoms with E-state index in [-0.39, 0.29) is 23.4 Å². The Morgan fingerprint density at radius 3 is 2.72 bits per heavy atom. The maximum Gasteiger partial charge on any atom is 0.251 e. The molecule has 0 aliphatic heterocycles.